The number of benzene rings is 1. The maximum absolute atomic E-state index is 14.8. The molecule has 9 heteroatoms. The zero-order chi connectivity index (χ0) is 21.0. The van der Waals surface area contributed by atoms with Gasteiger partial charge < -0.3 is 14.9 Å². The molecule has 0 radical (unpaired) electrons. The van der Waals surface area contributed by atoms with Gasteiger partial charge in [0.05, 0.1) is 17.8 Å². The number of hydrogen-bond donors (Lipinski definition) is 1. The number of likely N-dealkylation sites (tertiary alicyclic amines) is 1. The molecule has 0 spiro atoms. The van der Waals surface area contributed by atoms with Crippen molar-refractivity contribution in [3.63, 3.8) is 0 Å². The van der Waals surface area contributed by atoms with Gasteiger partial charge in [0.2, 0.25) is 0 Å². The Kier molecular flexibility index (Phi) is 4.67. The Labute approximate surface area is 172 Å². The minimum absolute atomic E-state index is 0.303. The third-order valence-electron chi connectivity index (χ3n) is 6.04. The highest BCUT2D eigenvalue weighted by Crippen LogP contribution is 2.34. The van der Waals surface area contributed by atoms with Gasteiger partial charge >= 0.3 is 0 Å². The Hall–Kier alpha value is -2.65. The lowest BCUT2D eigenvalue weighted by atomic mass is 9.87. The molecule has 7 nitrogen and oxygen atoms in total. The van der Waals surface area contributed by atoms with Crippen molar-refractivity contribution >= 4 is 16.7 Å². The van der Waals surface area contributed by atoms with Crippen LogP contribution in [-0.2, 0) is 0 Å². The molecule has 5 rings (SSSR count). The molecule has 2 aromatic heterocycles. The third kappa shape index (κ3) is 3.31. The Balaban J connectivity index is 1.56. The van der Waals surface area contributed by atoms with Crippen LogP contribution < -0.4 is 4.90 Å². The van der Waals surface area contributed by atoms with Crippen molar-refractivity contribution in [2.75, 3.05) is 38.1 Å². The van der Waals surface area contributed by atoms with Crippen LogP contribution in [0.4, 0.5) is 14.6 Å². The quantitative estimate of drug-likeness (QED) is 0.709. The monoisotopic (exact) mass is 414 g/mol. The van der Waals surface area contributed by atoms with Crippen LogP contribution in [0.5, 0.6) is 0 Å². The Morgan fingerprint density at radius 1 is 1.10 bits per heavy atom. The lowest BCUT2D eigenvalue weighted by Crippen LogP contribution is -2.51. The second kappa shape index (κ2) is 7.24. The normalized spacial score (nSPS) is 23.2. The van der Waals surface area contributed by atoms with Gasteiger partial charge in [-0.3, -0.25) is 0 Å². The van der Waals surface area contributed by atoms with Crippen LogP contribution in [0.25, 0.3) is 16.7 Å². The van der Waals surface area contributed by atoms with E-state index in [0.717, 1.165) is 6.54 Å². The number of halogens is 2. The average Bonchev–Trinajstić information content (AvgIpc) is 3.07. The number of alkyl halides is 1. The molecule has 0 aliphatic carbocycles. The van der Waals surface area contributed by atoms with Gasteiger partial charge in [0, 0.05) is 37.0 Å². The van der Waals surface area contributed by atoms with Crippen molar-refractivity contribution in [1.82, 2.24) is 24.6 Å². The number of nitrogens with zero attached hydrogens (tertiary/aromatic N) is 6. The highest BCUT2D eigenvalue weighted by molar-refractivity contribution is 5.81. The van der Waals surface area contributed by atoms with Crippen molar-refractivity contribution in [2.45, 2.75) is 31.5 Å². The van der Waals surface area contributed by atoms with Gasteiger partial charge in [0.1, 0.15) is 23.6 Å². The minimum atomic E-state index is -1.11. The topological polar surface area (TPSA) is 70.3 Å². The zero-order valence-electron chi connectivity index (χ0n) is 17.0. The number of aryl methyl sites for hydroxylation is 1. The van der Waals surface area contributed by atoms with E-state index in [1.54, 1.807) is 23.9 Å². The summed E-state index contributed by atoms with van der Waals surface area (Å²) >= 11 is 0. The van der Waals surface area contributed by atoms with Gasteiger partial charge in [-0.1, -0.05) is 0 Å². The maximum atomic E-state index is 14.8. The summed E-state index contributed by atoms with van der Waals surface area (Å²) in [5.74, 6) is 0.987. The van der Waals surface area contributed by atoms with Gasteiger partial charge in [0.15, 0.2) is 5.82 Å². The average molecular weight is 414 g/mol. The van der Waals surface area contributed by atoms with Crippen molar-refractivity contribution < 1.29 is 13.9 Å². The number of hydrogen-bond acceptors (Lipinski definition) is 6. The van der Waals surface area contributed by atoms with E-state index >= 15 is 0 Å². The minimum Gasteiger partial charge on any atom is -0.389 e. The van der Waals surface area contributed by atoms with Crippen LogP contribution in [0.3, 0.4) is 0 Å². The Morgan fingerprint density at radius 2 is 1.87 bits per heavy atom. The molecule has 4 heterocycles. The molecular formula is C21H24F2N6O. The first-order chi connectivity index (χ1) is 14.4. The van der Waals surface area contributed by atoms with E-state index < -0.39 is 17.9 Å². The van der Waals surface area contributed by atoms with Crippen molar-refractivity contribution in [2.24, 2.45) is 0 Å². The second-order valence-electron chi connectivity index (χ2n) is 8.35. The molecule has 3 aromatic rings. The summed E-state index contributed by atoms with van der Waals surface area (Å²) in [6, 6.07) is 4.95. The van der Waals surface area contributed by atoms with Crippen LogP contribution in [0, 0.1) is 12.7 Å². The summed E-state index contributed by atoms with van der Waals surface area (Å²) in [6.07, 6.45) is 0.706. The standard InChI is InChI=1S/C21H24F2N6O/c1-12-25-20(28-9-14(30)10-28)7-21(26-12)29-19-6-16(17(22)5-13(19)8-24-29)15-3-4-27(2)11-18(15)23/h5-8,14-15,18,30H,3-4,9-11H2,1-2H3/t15-,18-/m1/s1. The molecule has 1 N–H and O–H groups in total. The molecule has 2 saturated heterocycles. The first kappa shape index (κ1) is 19.3. The first-order valence-electron chi connectivity index (χ1n) is 10.2. The molecule has 2 aliphatic rings. The molecule has 30 heavy (non-hydrogen) atoms. The van der Waals surface area contributed by atoms with Gasteiger partial charge in [0.25, 0.3) is 0 Å². The van der Waals surface area contributed by atoms with Crippen molar-refractivity contribution in [1.29, 1.82) is 0 Å². The van der Waals surface area contributed by atoms with Gasteiger partial charge in [-0.15, -0.1) is 0 Å². The van der Waals surface area contributed by atoms with Gasteiger partial charge in [-0.05, 0) is 44.6 Å². The van der Waals surface area contributed by atoms with Gasteiger partial charge in [-0.2, -0.15) is 5.10 Å². The van der Waals surface area contributed by atoms with Crippen LogP contribution in [-0.4, -0.2) is 75.3 Å². The fraction of sp³-hybridized carbons (Fsp3) is 0.476. The molecule has 2 aliphatic heterocycles. The van der Waals surface area contributed by atoms with E-state index in [2.05, 4.69) is 15.1 Å². The van der Waals surface area contributed by atoms with E-state index in [1.165, 1.54) is 6.07 Å². The van der Waals surface area contributed by atoms with Crippen molar-refractivity contribution in [3.8, 4) is 5.82 Å². The van der Waals surface area contributed by atoms with E-state index in [0.29, 0.717) is 60.0 Å². The smallest absolute Gasteiger partial charge is 0.159 e. The molecule has 0 bridgehead atoms. The predicted octanol–water partition coefficient (Wildman–Crippen LogP) is 2.20. The van der Waals surface area contributed by atoms with Crippen LogP contribution >= 0.6 is 0 Å². The van der Waals surface area contributed by atoms with E-state index in [-0.39, 0.29) is 6.10 Å². The van der Waals surface area contributed by atoms with Crippen molar-refractivity contribution in [3.05, 3.63) is 41.6 Å². The summed E-state index contributed by atoms with van der Waals surface area (Å²) in [7, 11) is 1.88. The van der Waals surface area contributed by atoms with E-state index in [9.17, 15) is 13.9 Å². The predicted molar refractivity (Wildman–Crippen MR) is 109 cm³/mol. The van der Waals surface area contributed by atoms with E-state index in [4.69, 9.17) is 0 Å². The third-order valence-corrected chi connectivity index (χ3v) is 6.04. The number of aromatic nitrogens is 4. The summed E-state index contributed by atoms with van der Waals surface area (Å²) in [5.41, 5.74) is 1.08. The number of β-amino-alcohol motifs (C(OH)–C–C–N with tert-alkyl or cyclic N) is 1. The summed E-state index contributed by atoms with van der Waals surface area (Å²) < 4.78 is 31.2. The number of anilines is 1. The number of aliphatic hydroxyl groups is 1. The fourth-order valence-electron chi connectivity index (χ4n) is 4.39. The number of fused-ring (bicyclic) bond motifs is 1. The summed E-state index contributed by atoms with van der Waals surface area (Å²) in [5, 5.41) is 14.6. The van der Waals surface area contributed by atoms with E-state index in [1.807, 2.05) is 22.9 Å². The van der Waals surface area contributed by atoms with Gasteiger partial charge in [-0.25, -0.2) is 23.4 Å². The number of rotatable bonds is 3. The second-order valence-corrected chi connectivity index (χ2v) is 8.35. The lowest BCUT2D eigenvalue weighted by Gasteiger charge is -2.36. The molecule has 158 valence electrons. The zero-order valence-corrected chi connectivity index (χ0v) is 17.0. The molecule has 0 amide bonds. The van der Waals surface area contributed by atoms with Crippen LogP contribution in [0.15, 0.2) is 24.4 Å². The SMILES string of the molecule is Cc1nc(N2CC(O)C2)cc(-n2ncc3cc(F)c([C@H]4CCN(C)C[C@H]4F)cc32)n1. The molecule has 1 aromatic carbocycles. The molecule has 2 fully saturated rings. The molecule has 0 unspecified atom stereocenters. The fourth-order valence-corrected chi connectivity index (χ4v) is 4.39. The number of aliphatic hydroxyl groups excluding tert-OH is 1. The highest BCUT2D eigenvalue weighted by atomic mass is 19.1. The summed E-state index contributed by atoms with van der Waals surface area (Å²) in [6.45, 7) is 3.89. The largest absolute Gasteiger partial charge is 0.389 e. The van der Waals surface area contributed by atoms with Crippen LogP contribution in [0.1, 0.15) is 23.7 Å². The Bertz CT molecular complexity index is 1100. The highest BCUT2D eigenvalue weighted by Gasteiger charge is 2.31. The van der Waals surface area contributed by atoms with Crippen LogP contribution in [0.2, 0.25) is 0 Å². The first-order valence-corrected chi connectivity index (χ1v) is 10.2. The summed E-state index contributed by atoms with van der Waals surface area (Å²) in [4.78, 5) is 12.8. The molecule has 0 saturated carbocycles. The Morgan fingerprint density at radius 3 is 2.60 bits per heavy atom. The number of piperidine rings is 1. The molecule has 2 atom stereocenters. The molecular weight excluding hydrogens is 390 g/mol. The lowest BCUT2D eigenvalue weighted by molar-refractivity contribution is 0.137. The maximum Gasteiger partial charge on any atom is 0.159 e.